The smallest absolute Gasteiger partial charge is 0.167 e. The summed E-state index contributed by atoms with van der Waals surface area (Å²) in [4.78, 5) is 14.5. The summed E-state index contributed by atoms with van der Waals surface area (Å²) < 4.78 is 10.6. The Morgan fingerprint density at radius 1 is 1.15 bits per heavy atom. The number of carbonyl (C=O) groups excluding carboxylic acids is 1. The van der Waals surface area contributed by atoms with Crippen LogP contribution < -0.4 is 4.74 Å². The van der Waals surface area contributed by atoms with Gasteiger partial charge in [-0.2, -0.15) is 0 Å². The fourth-order valence-corrected chi connectivity index (χ4v) is 1.99. The molecule has 0 aliphatic heterocycles. The first-order chi connectivity index (χ1) is 9.72. The zero-order chi connectivity index (χ0) is 14.8. The van der Waals surface area contributed by atoms with E-state index in [0.29, 0.717) is 30.9 Å². The molecule has 0 aliphatic carbocycles. The van der Waals surface area contributed by atoms with Crippen LogP contribution >= 0.6 is 0 Å². The van der Waals surface area contributed by atoms with Crippen LogP contribution in [0.4, 0.5) is 0 Å². The quantitative estimate of drug-likeness (QED) is 0.487. The van der Waals surface area contributed by atoms with Gasteiger partial charge >= 0.3 is 0 Å². The van der Waals surface area contributed by atoms with E-state index in [-0.39, 0.29) is 5.78 Å². The summed E-state index contributed by atoms with van der Waals surface area (Å²) in [6, 6.07) is 7.41. The minimum absolute atomic E-state index is 0.130. The van der Waals surface area contributed by atoms with Crippen LogP contribution in [0.3, 0.4) is 0 Å². The van der Waals surface area contributed by atoms with Crippen molar-refractivity contribution in [2.45, 2.75) is 20.3 Å². The van der Waals surface area contributed by atoms with E-state index in [1.807, 2.05) is 24.3 Å². The zero-order valence-electron chi connectivity index (χ0n) is 12.7. The fourth-order valence-electron chi connectivity index (χ4n) is 1.99. The lowest BCUT2D eigenvalue weighted by Crippen LogP contribution is -2.25. The van der Waals surface area contributed by atoms with Crippen molar-refractivity contribution in [3.05, 3.63) is 29.8 Å². The molecule has 1 aromatic carbocycles. The number of hydrogen-bond acceptors (Lipinski definition) is 4. The van der Waals surface area contributed by atoms with Gasteiger partial charge in [-0.05, 0) is 25.2 Å². The van der Waals surface area contributed by atoms with Crippen LogP contribution in [0.5, 0.6) is 5.75 Å². The third-order valence-corrected chi connectivity index (χ3v) is 3.28. The zero-order valence-corrected chi connectivity index (χ0v) is 12.7. The second-order valence-electron chi connectivity index (χ2n) is 4.54. The Labute approximate surface area is 121 Å². The van der Waals surface area contributed by atoms with Crippen molar-refractivity contribution in [2.75, 3.05) is 40.0 Å². The molecule has 0 heterocycles. The van der Waals surface area contributed by atoms with Crippen molar-refractivity contribution >= 4 is 5.78 Å². The van der Waals surface area contributed by atoms with Crippen molar-refractivity contribution in [1.82, 2.24) is 4.90 Å². The molecule has 0 spiro atoms. The molecule has 0 saturated carbocycles. The largest absolute Gasteiger partial charge is 0.490 e. The minimum atomic E-state index is 0.130. The summed E-state index contributed by atoms with van der Waals surface area (Å²) >= 11 is 0. The molecule has 0 saturated heterocycles. The summed E-state index contributed by atoms with van der Waals surface area (Å²) in [5, 5.41) is 0. The molecule has 1 rings (SSSR count). The van der Waals surface area contributed by atoms with Gasteiger partial charge in [0.2, 0.25) is 0 Å². The van der Waals surface area contributed by atoms with E-state index in [1.54, 1.807) is 7.11 Å². The van der Waals surface area contributed by atoms with E-state index in [0.717, 1.165) is 19.6 Å². The van der Waals surface area contributed by atoms with Crippen molar-refractivity contribution < 1.29 is 14.3 Å². The van der Waals surface area contributed by atoms with Gasteiger partial charge in [0.25, 0.3) is 0 Å². The second kappa shape index (κ2) is 9.50. The number of Topliss-reactive ketones (excluding diaryl/α,β-unsaturated/α-hetero) is 1. The van der Waals surface area contributed by atoms with Gasteiger partial charge in [-0.15, -0.1) is 0 Å². The van der Waals surface area contributed by atoms with E-state index in [4.69, 9.17) is 9.47 Å². The molecule has 0 radical (unpaired) electrons. The predicted molar refractivity (Wildman–Crippen MR) is 80.5 cm³/mol. The van der Waals surface area contributed by atoms with Gasteiger partial charge in [-0.3, -0.25) is 4.79 Å². The average Bonchev–Trinajstić information content (AvgIpc) is 2.49. The maximum absolute atomic E-state index is 12.3. The van der Waals surface area contributed by atoms with Gasteiger partial charge in [0.15, 0.2) is 5.78 Å². The molecule has 1 aromatic rings. The average molecular weight is 279 g/mol. The number of ketones is 1. The number of ether oxygens (including phenoxy) is 2. The van der Waals surface area contributed by atoms with Gasteiger partial charge in [-0.25, -0.2) is 0 Å². The summed E-state index contributed by atoms with van der Waals surface area (Å²) in [6.45, 7) is 7.91. The Bertz CT molecular complexity index is 402. The number of benzene rings is 1. The van der Waals surface area contributed by atoms with Gasteiger partial charge in [0.1, 0.15) is 12.4 Å². The highest BCUT2D eigenvalue weighted by atomic mass is 16.5. The molecule has 0 bridgehead atoms. The molecule has 0 unspecified atom stereocenters. The highest BCUT2D eigenvalue weighted by Crippen LogP contribution is 2.19. The molecule has 0 amide bonds. The molecule has 0 aliphatic rings. The Hall–Kier alpha value is -1.39. The van der Waals surface area contributed by atoms with Crippen molar-refractivity contribution in [3.8, 4) is 5.75 Å². The van der Waals surface area contributed by atoms with Crippen LogP contribution in [0, 0.1) is 0 Å². The van der Waals surface area contributed by atoms with Crippen LogP contribution in [0.2, 0.25) is 0 Å². The number of rotatable bonds is 10. The van der Waals surface area contributed by atoms with Crippen LogP contribution in [0.15, 0.2) is 24.3 Å². The van der Waals surface area contributed by atoms with Gasteiger partial charge in [0.05, 0.1) is 12.2 Å². The van der Waals surface area contributed by atoms with E-state index in [9.17, 15) is 4.79 Å². The molecule has 0 fully saturated rings. The topological polar surface area (TPSA) is 38.8 Å². The van der Waals surface area contributed by atoms with E-state index in [1.165, 1.54) is 0 Å². The molecular weight excluding hydrogens is 254 g/mol. The standard InChI is InChI=1S/C16H25NO3/c1-4-17(5-2)11-10-15(18)14-8-6-7-9-16(14)20-13-12-19-3/h6-9H,4-5,10-13H2,1-3H3. The van der Waals surface area contributed by atoms with Gasteiger partial charge in [-0.1, -0.05) is 26.0 Å². The maximum Gasteiger partial charge on any atom is 0.167 e. The van der Waals surface area contributed by atoms with Gasteiger partial charge in [0, 0.05) is 20.1 Å². The Morgan fingerprint density at radius 3 is 2.50 bits per heavy atom. The highest BCUT2D eigenvalue weighted by Gasteiger charge is 2.13. The fraction of sp³-hybridized carbons (Fsp3) is 0.562. The molecular formula is C16H25NO3. The number of hydrogen-bond donors (Lipinski definition) is 0. The lowest BCUT2D eigenvalue weighted by atomic mass is 10.1. The lowest BCUT2D eigenvalue weighted by molar-refractivity contribution is 0.0958. The van der Waals surface area contributed by atoms with Crippen molar-refractivity contribution in [1.29, 1.82) is 0 Å². The van der Waals surface area contributed by atoms with Crippen LogP contribution in [-0.2, 0) is 4.74 Å². The normalized spacial score (nSPS) is 10.8. The minimum Gasteiger partial charge on any atom is -0.490 e. The van der Waals surface area contributed by atoms with E-state index < -0.39 is 0 Å². The molecule has 112 valence electrons. The molecule has 4 heteroatoms. The predicted octanol–water partition coefficient (Wildman–Crippen LogP) is 2.63. The third kappa shape index (κ3) is 5.31. The molecule has 0 atom stereocenters. The number of carbonyl (C=O) groups is 1. The summed E-state index contributed by atoms with van der Waals surface area (Å²) in [5.41, 5.74) is 0.663. The van der Waals surface area contributed by atoms with Crippen LogP contribution in [0.25, 0.3) is 0 Å². The lowest BCUT2D eigenvalue weighted by Gasteiger charge is -2.17. The Kier molecular flexibility index (Phi) is 7.92. The summed E-state index contributed by atoms with van der Waals surface area (Å²) in [7, 11) is 1.63. The van der Waals surface area contributed by atoms with Crippen molar-refractivity contribution in [3.63, 3.8) is 0 Å². The number of nitrogens with zero attached hydrogens (tertiary/aromatic N) is 1. The molecule has 0 aromatic heterocycles. The Morgan fingerprint density at radius 2 is 1.85 bits per heavy atom. The van der Waals surface area contributed by atoms with Crippen molar-refractivity contribution in [2.24, 2.45) is 0 Å². The first-order valence-electron chi connectivity index (χ1n) is 7.19. The van der Waals surface area contributed by atoms with E-state index >= 15 is 0 Å². The van der Waals surface area contributed by atoms with E-state index in [2.05, 4.69) is 18.7 Å². The molecule has 0 N–H and O–H groups in total. The highest BCUT2D eigenvalue weighted by molar-refractivity contribution is 5.98. The first kappa shape index (κ1) is 16.7. The van der Waals surface area contributed by atoms with Crippen LogP contribution in [0.1, 0.15) is 30.6 Å². The molecule has 4 nitrogen and oxygen atoms in total. The maximum atomic E-state index is 12.3. The first-order valence-corrected chi connectivity index (χ1v) is 7.19. The van der Waals surface area contributed by atoms with Gasteiger partial charge < -0.3 is 14.4 Å². The molecule has 20 heavy (non-hydrogen) atoms. The second-order valence-corrected chi connectivity index (χ2v) is 4.54. The third-order valence-electron chi connectivity index (χ3n) is 3.28. The number of methoxy groups -OCH3 is 1. The summed E-state index contributed by atoms with van der Waals surface area (Å²) in [6.07, 6.45) is 0.520. The monoisotopic (exact) mass is 279 g/mol. The summed E-state index contributed by atoms with van der Waals surface area (Å²) in [5.74, 6) is 0.777. The van der Waals surface area contributed by atoms with Crippen LogP contribution in [-0.4, -0.2) is 50.6 Å². The SMILES string of the molecule is CCN(CC)CCC(=O)c1ccccc1OCCOC. The number of para-hydroxylation sites is 1. The Balaban J connectivity index is 2.62.